The van der Waals surface area contributed by atoms with Crippen molar-refractivity contribution >= 4 is 32.2 Å². The second-order valence-electron chi connectivity index (χ2n) is 13.7. The highest BCUT2D eigenvalue weighted by Gasteiger charge is 2.38. The maximum Gasteiger partial charge on any atom is 0.410 e. The maximum atomic E-state index is 14.4. The van der Waals surface area contributed by atoms with Crippen LogP contribution in [-0.4, -0.2) is 79.8 Å². The van der Waals surface area contributed by atoms with E-state index < -0.39 is 55.9 Å². The number of nitrogens with one attached hydrogen (secondary N) is 1. The number of likely N-dealkylation sites (N-methyl/N-ethyl adjacent to an activating group) is 2. The Hall–Kier alpha value is -4.44. The SMILES string of the molecule is CN(C(=O)OC(C)(C)C)[C@@H](Cc1ccccc1)C(=O)N(C)[C@@H](Cc1ccccc1)C(=O)N[C@@H](Cc1ccccc1)C(=O)O[Si](C)(C)C. The van der Waals surface area contributed by atoms with Gasteiger partial charge in [-0.15, -0.1) is 0 Å². The average molecular weight is 660 g/mol. The summed E-state index contributed by atoms with van der Waals surface area (Å²) in [6.45, 7) is 11.0. The number of amides is 3. The van der Waals surface area contributed by atoms with Gasteiger partial charge in [-0.1, -0.05) is 91.0 Å². The summed E-state index contributed by atoms with van der Waals surface area (Å²) in [5.41, 5.74) is 1.76. The summed E-state index contributed by atoms with van der Waals surface area (Å²) in [5, 5.41) is 2.93. The van der Waals surface area contributed by atoms with Crippen molar-refractivity contribution in [2.75, 3.05) is 14.1 Å². The number of rotatable bonds is 13. The van der Waals surface area contributed by atoms with Crippen LogP contribution in [-0.2, 0) is 42.8 Å². The number of carbonyl (C=O) groups excluding carboxylic acids is 4. The summed E-state index contributed by atoms with van der Waals surface area (Å²) in [7, 11) is 0.802. The number of hydrogen-bond donors (Lipinski definition) is 1. The standard InChI is InChI=1S/C37H49N3O6Si/c1-37(2,3)45-36(44)40(5)32(26-29-22-16-11-17-23-29)34(42)39(4)31(25-28-20-14-10-15-21-28)33(41)38-30(35(43)46-47(6,7)8)24-27-18-12-9-13-19-27/h9-23,30-32H,24-26H2,1-8H3,(H,38,41)/t30-,31-,32-/m0/s1. The van der Waals surface area contributed by atoms with Crippen LogP contribution >= 0.6 is 0 Å². The van der Waals surface area contributed by atoms with Crippen molar-refractivity contribution < 1.29 is 28.3 Å². The van der Waals surface area contributed by atoms with Crippen LogP contribution in [0.4, 0.5) is 4.79 Å². The number of hydrogen-bond acceptors (Lipinski definition) is 6. The predicted octanol–water partition coefficient (Wildman–Crippen LogP) is 5.64. The largest absolute Gasteiger partial charge is 0.518 e. The molecular weight excluding hydrogens is 611 g/mol. The summed E-state index contributed by atoms with van der Waals surface area (Å²) in [4.78, 5) is 58.0. The molecule has 0 aliphatic rings. The molecule has 0 aliphatic carbocycles. The van der Waals surface area contributed by atoms with Crippen LogP contribution < -0.4 is 5.32 Å². The van der Waals surface area contributed by atoms with Gasteiger partial charge in [-0.25, -0.2) is 4.79 Å². The molecule has 1 N–H and O–H groups in total. The van der Waals surface area contributed by atoms with E-state index in [1.165, 1.54) is 16.8 Å². The lowest BCUT2D eigenvalue weighted by Gasteiger charge is -2.35. The Morgan fingerprint density at radius 3 is 1.53 bits per heavy atom. The van der Waals surface area contributed by atoms with Gasteiger partial charge in [-0.3, -0.25) is 19.3 Å². The van der Waals surface area contributed by atoms with Crippen molar-refractivity contribution in [2.24, 2.45) is 0 Å². The van der Waals surface area contributed by atoms with Crippen LogP contribution in [0.15, 0.2) is 91.0 Å². The Bertz CT molecular complexity index is 1470. The normalized spacial score (nSPS) is 13.4. The van der Waals surface area contributed by atoms with Crippen LogP contribution in [0.5, 0.6) is 0 Å². The van der Waals surface area contributed by atoms with Crippen LogP contribution in [0.25, 0.3) is 0 Å². The van der Waals surface area contributed by atoms with Gasteiger partial charge in [0.15, 0.2) is 0 Å². The van der Waals surface area contributed by atoms with Crippen molar-refractivity contribution in [3.8, 4) is 0 Å². The third-order valence-electron chi connectivity index (χ3n) is 7.39. The average Bonchev–Trinajstić information content (AvgIpc) is 3.01. The second kappa shape index (κ2) is 16.4. The molecular formula is C37H49N3O6Si. The molecule has 0 saturated carbocycles. The third-order valence-corrected chi connectivity index (χ3v) is 8.20. The van der Waals surface area contributed by atoms with E-state index in [1.54, 1.807) is 27.8 Å². The molecule has 3 aromatic carbocycles. The molecule has 0 heterocycles. The quantitative estimate of drug-likeness (QED) is 0.238. The molecule has 3 rings (SSSR count). The van der Waals surface area contributed by atoms with E-state index in [9.17, 15) is 19.2 Å². The summed E-state index contributed by atoms with van der Waals surface area (Å²) >= 11 is 0. The van der Waals surface area contributed by atoms with Crippen molar-refractivity contribution in [1.29, 1.82) is 0 Å². The van der Waals surface area contributed by atoms with Gasteiger partial charge in [0, 0.05) is 33.4 Å². The van der Waals surface area contributed by atoms with Gasteiger partial charge in [0.05, 0.1) is 0 Å². The van der Waals surface area contributed by atoms with Gasteiger partial charge < -0.3 is 19.4 Å². The molecule has 0 spiro atoms. The molecule has 0 saturated heterocycles. The van der Waals surface area contributed by atoms with Crippen LogP contribution in [0.3, 0.4) is 0 Å². The van der Waals surface area contributed by atoms with Crippen LogP contribution in [0, 0.1) is 0 Å². The lowest BCUT2D eigenvalue weighted by molar-refractivity contribution is -0.145. The third kappa shape index (κ3) is 12.0. The molecule has 0 aromatic heterocycles. The Kier molecular flexibility index (Phi) is 12.9. The minimum atomic E-state index is -2.29. The predicted molar refractivity (Wildman–Crippen MR) is 186 cm³/mol. The van der Waals surface area contributed by atoms with Gasteiger partial charge in [0.25, 0.3) is 0 Å². The Balaban J connectivity index is 1.98. The van der Waals surface area contributed by atoms with Gasteiger partial charge in [0.1, 0.15) is 23.7 Å². The fourth-order valence-electron chi connectivity index (χ4n) is 5.00. The Morgan fingerprint density at radius 2 is 1.11 bits per heavy atom. The van der Waals surface area contributed by atoms with Crippen LogP contribution in [0.1, 0.15) is 37.5 Å². The summed E-state index contributed by atoms with van der Waals surface area (Å²) < 4.78 is 11.4. The lowest BCUT2D eigenvalue weighted by atomic mass is 9.99. The zero-order valence-corrected chi connectivity index (χ0v) is 29.9. The van der Waals surface area contributed by atoms with Gasteiger partial charge in [-0.2, -0.15) is 0 Å². The first-order valence-corrected chi connectivity index (χ1v) is 19.3. The van der Waals surface area contributed by atoms with Gasteiger partial charge >= 0.3 is 12.1 Å². The first kappa shape index (κ1) is 37.0. The van der Waals surface area contributed by atoms with Crippen molar-refractivity contribution in [3.05, 3.63) is 108 Å². The minimum absolute atomic E-state index is 0.185. The highest BCUT2D eigenvalue weighted by molar-refractivity contribution is 6.71. The molecule has 0 bridgehead atoms. The maximum absolute atomic E-state index is 14.4. The van der Waals surface area contributed by atoms with Crippen LogP contribution in [0.2, 0.25) is 19.6 Å². The van der Waals surface area contributed by atoms with E-state index >= 15 is 0 Å². The monoisotopic (exact) mass is 659 g/mol. The first-order valence-electron chi connectivity index (χ1n) is 15.9. The molecule has 252 valence electrons. The number of ether oxygens (including phenoxy) is 1. The molecule has 0 aliphatic heterocycles. The summed E-state index contributed by atoms with van der Waals surface area (Å²) in [6, 6.07) is 25.2. The Labute approximate surface area is 280 Å². The second-order valence-corrected chi connectivity index (χ2v) is 18.2. The van der Waals surface area contributed by atoms with E-state index in [0.717, 1.165) is 16.7 Å². The molecule has 3 aromatic rings. The number of nitrogens with zero attached hydrogens (tertiary/aromatic N) is 2. The highest BCUT2D eigenvalue weighted by atomic mass is 28.4. The fraction of sp³-hybridized carbons (Fsp3) is 0.405. The molecule has 0 unspecified atom stereocenters. The van der Waals surface area contributed by atoms with E-state index in [2.05, 4.69) is 5.32 Å². The lowest BCUT2D eigenvalue weighted by Crippen LogP contribution is -2.58. The molecule has 0 radical (unpaired) electrons. The van der Waals surface area contributed by atoms with Crippen molar-refractivity contribution in [2.45, 2.75) is 83.4 Å². The zero-order valence-electron chi connectivity index (χ0n) is 28.9. The van der Waals surface area contributed by atoms with E-state index in [0.29, 0.717) is 0 Å². The summed E-state index contributed by atoms with van der Waals surface area (Å²) in [5.74, 6) is -1.46. The molecule has 10 heteroatoms. The Morgan fingerprint density at radius 1 is 0.681 bits per heavy atom. The van der Waals surface area contributed by atoms with E-state index in [4.69, 9.17) is 9.16 Å². The van der Waals surface area contributed by atoms with E-state index in [-0.39, 0.29) is 19.3 Å². The number of benzene rings is 3. The molecule has 0 fully saturated rings. The van der Waals surface area contributed by atoms with Crippen molar-refractivity contribution in [3.63, 3.8) is 0 Å². The fourth-order valence-corrected chi connectivity index (χ4v) is 5.75. The zero-order chi connectivity index (χ0) is 34.8. The topological polar surface area (TPSA) is 105 Å². The van der Waals surface area contributed by atoms with Gasteiger partial charge in [-0.05, 0) is 57.1 Å². The molecule has 3 atom stereocenters. The first-order chi connectivity index (χ1) is 22.0. The van der Waals surface area contributed by atoms with E-state index in [1.807, 2.05) is 111 Å². The molecule has 3 amide bonds. The summed E-state index contributed by atoms with van der Waals surface area (Å²) in [6.07, 6.45) is -0.0341. The highest BCUT2D eigenvalue weighted by Crippen LogP contribution is 2.19. The number of carbonyl (C=O) groups is 4. The van der Waals surface area contributed by atoms with Gasteiger partial charge in [0.2, 0.25) is 20.1 Å². The van der Waals surface area contributed by atoms with Crippen molar-refractivity contribution in [1.82, 2.24) is 15.1 Å². The molecule has 9 nitrogen and oxygen atoms in total. The molecule has 47 heavy (non-hydrogen) atoms. The smallest absolute Gasteiger partial charge is 0.410 e. The minimum Gasteiger partial charge on any atom is -0.518 e.